The number of hydrogen-bond donors (Lipinski definition) is 0. The molecule has 0 saturated carbocycles. The van der Waals surface area contributed by atoms with Crippen LogP contribution < -0.4 is 0 Å². The molecule has 6 aromatic carbocycles. The molecular formula is C48H34N4. The average Bonchev–Trinajstić information content (AvgIpc) is 3.69. The Hall–Kier alpha value is -6.78. The maximum atomic E-state index is 4.72. The highest BCUT2D eigenvalue weighted by Gasteiger charge is 2.21. The summed E-state index contributed by atoms with van der Waals surface area (Å²) in [5, 5.41) is 4.89. The van der Waals surface area contributed by atoms with E-state index < -0.39 is 0 Å². The van der Waals surface area contributed by atoms with E-state index in [9.17, 15) is 0 Å². The SMILES string of the molecule is Cc1ccc2c(c1)c1cc(-c3ccccc3)ccc1n2-c1cnccc1-c1ccncc1-n1c2ccc(C)cc2c2cc(-c3ccccc3)ccc21. The van der Waals surface area contributed by atoms with Gasteiger partial charge in [-0.05, 0) is 96.8 Å². The fraction of sp³-hybridized carbons (Fsp3) is 0.0417. The number of fused-ring (bicyclic) bond motifs is 6. The van der Waals surface area contributed by atoms with E-state index in [1.54, 1.807) is 0 Å². The van der Waals surface area contributed by atoms with Gasteiger partial charge < -0.3 is 9.13 Å². The quantitative estimate of drug-likeness (QED) is 0.183. The van der Waals surface area contributed by atoms with Crippen LogP contribution in [-0.2, 0) is 0 Å². The molecule has 0 saturated heterocycles. The van der Waals surface area contributed by atoms with Gasteiger partial charge in [0.15, 0.2) is 0 Å². The number of benzene rings is 6. The van der Waals surface area contributed by atoms with Crippen molar-refractivity contribution >= 4 is 43.6 Å². The van der Waals surface area contributed by atoms with E-state index in [1.165, 1.54) is 54.9 Å². The van der Waals surface area contributed by atoms with Crippen LogP contribution in [0.1, 0.15) is 11.1 Å². The molecule has 0 aliphatic carbocycles. The lowest BCUT2D eigenvalue weighted by Crippen LogP contribution is -2.02. The van der Waals surface area contributed by atoms with Crippen LogP contribution in [0.2, 0.25) is 0 Å². The lowest BCUT2D eigenvalue weighted by molar-refractivity contribution is 1.12. The van der Waals surface area contributed by atoms with E-state index in [0.29, 0.717) is 0 Å². The zero-order chi connectivity index (χ0) is 34.8. The van der Waals surface area contributed by atoms with Crippen molar-refractivity contribution in [2.24, 2.45) is 0 Å². The van der Waals surface area contributed by atoms with Crippen LogP contribution in [0.5, 0.6) is 0 Å². The fourth-order valence-electron chi connectivity index (χ4n) is 8.00. The second-order valence-electron chi connectivity index (χ2n) is 13.7. The molecule has 0 aliphatic rings. The van der Waals surface area contributed by atoms with Crippen molar-refractivity contribution in [3.05, 3.63) is 182 Å². The van der Waals surface area contributed by atoms with Gasteiger partial charge in [0.05, 0.1) is 45.8 Å². The molecule has 10 rings (SSSR count). The van der Waals surface area contributed by atoms with E-state index in [-0.39, 0.29) is 0 Å². The molecule has 0 amide bonds. The van der Waals surface area contributed by atoms with Crippen molar-refractivity contribution in [3.8, 4) is 44.8 Å². The van der Waals surface area contributed by atoms with Gasteiger partial charge in [-0.15, -0.1) is 0 Å². The maximum Gasteiger partial charge on any atom is 0.0724 e. The Morgan fingerprint density at radius 2 is 0.750 bits per heavy atom. The van der Waals surface area contributed by atoms with E-state index in [4.69, 9.17) is 9.97 Å². The van der Waals surface area contributed by atoms with Gasteiger partial charge in [-0.25, -0.2) is 0 Å². The van der Waals surface area contributed by atoms with Gasteiger partial charge in [0.25, 0.3) is 0 Å². The van der Waals surface area contributed by atoms with Gasteiger partial charge in [-0.3, -0.25) is 9.97 Å². The lowest BCUT2D eigenvalue weighted by atomic mass is 10.0. The van der Waals surface area contributed by atoms with Crippen LogP contribution in [0.25, 0.3) is 88.4 Å². The van der Waals surface area contributed by atoms with Crippen LogP contribution in [0.15, 0.2) is 170 Å². The number of nitrogens with zero attached hydrogens (tertiary/aromatic N) is 4. The smallest absolute Gasteiger partial charge is 0.0724 e. The van der Waals surface area contributed by atoms with Crippen molar-refractivity contribution in [3.63, 3.8) is 0 Å². The zero-order valence-electron chi connectivity index (χ0n) is 29.0. The molecule has 0 N–H and O–H groups in total. The molecule has 0 bridgehead atoms. The molecule has 4 nitrogen and oxygen atoms in total. The average molecular weight is 667 g/mol. The number of aryl methyl sites for hydroxylation is 2. The van der Waals surface area contributed by atoms with Crippen molar-refractivity contribution in [1.29, 1.82) is 0 Å². The summed E-state index contributed by atoms with van der Waals surface area (Å²) in [6.45, 7) is 4.33. The molecule has 0 fully saturated rings. The first-order valence-corrected chi connectivity index (χ1v) is 17.7. The summed E-state index contributed by atoms with van der Waals surface area (Å²) in [6, 6.07) is 52.7. The van der Waals surface area contributed by atoms with Crippen molar-refractivity contribution in [2.45, 2.75) is 13.8 Å². The van der Waals surface area contributed by atoms with Gasteiger partial charge in [-0.2, -0.15) is 0 Å². The van der Waals surface area contributed by atoms with Crippen LogP contribution in [0.3, 0.4) is 0 Å². The second-order valence-corrected chi connectivity index (χ2v) is 13.7. The summed E-state index contributed by atoms with van der Waals surface area (Å²) in [4.78, 5) is 9.44. The number of rotatable bonds is 5. The van der Waals surface area contributed by atoms with Gasteiger partial charge in [0.2, 0.25) is 0 Å². The number of hydrogen-bond acceptors (Lipinski definition) is 2. The van der Waals surface area contributed by atoms with E-state index in [0.717, 1.165) is 44.6 Å². The minimum atomic E-state index is 1.02. The summed E-state index contributed by atoms with van der Waals surface area (Å²) >= 11 is 0. The monoisotopic (exact) mass is 666 g/mol. The summed E-state index contributed by atoms with van der Waals surface area (Å²) in [5.74, 6) is 0. The Bertz CT molecular complexity index is 2760. The lowest BCUT2D eigenvalue weighted by Gasteiger charge is -2.18. The van der Waals surface area contributed by atoms with Crippen LogP contribution >= 0.6 is 0 Å². The van der Waals surface area contributed by atoms with Crippen LogP contribution in [0, 0.1) is 13.8 Å². The van der Waals surface area contributed by atoms with Crippen LogP contribution in [-0.4, -0.2) is 19.1 Å². The summed E-state index contributed by atoms with van der Waals surface area (Å²) in [6.07, 6.45) is 7.81. The van der Waals surface area contributed by atoms with Crippen molar-refractivity contribution in [1.82, 2.24) is 19.1 Å². The first-order valence-electron chi connectivity index (χ1n) is 17.7. The van der Waals surface area contributed by atoms with Crippen molar-refractivity contribution < 1.29 is 0 Å². The highest BCUT2D eigenvalue weighted by Crippen LogP contribution is 2.42. The fourth-order valence-corrected chi connectivity index (χ4v) is 8.00. The highest BCUT2D eigenvalue weighted by atomic mass is 15.0. The second kappa shape index (κ2) is 11.9. The Balaban J connectivity index is 1.22. The molecule has 4 heteroatoms. The Labute approximate surface area is 301 Å². The molecule has 0 radical (unpaired) electrons. The minimum absolute atomic E-state index is 1.02. The number of pyridine rings is 2. The van der Waals surface area contributed by atoms with Crippen LogP contribution in [0.4, 0.5) is 0 Å². The standard InChI is InChI=1S/C48H34N4/c1-31-13-17-43-39(25-31)41-27-35(33-9-5-3-6-10-33)15-19-45(41)51(43)47-29-49-23-21-37(47)38-22-24-50-30-48(38)52-44-18-14-32(2)26-40(44)42-28-36(16-20-46(42)52)34-11-7-4-8-12-34/h3-30H,1-2H3. The molecule has 4 aromatic heterocycles. The van der Waals surface area contributed by atoms with E-state index in [2.05, 4.69) is 169 Å². The molecular weight excluding hydrogens is 633 g/mol. The summed E-state index contributed by atoms with van der Waals surface area (Å²) < 4.78 is 4.76. The third kappa shape index (κ3) is 4.76. The Morgan fingerprint density at radius 1 is 0.365 bits per heavy atom. The predicted molar refractivity (Wildman–Crippen MR) is 216 cm³/mol. The molecule has 4 heterocycles. The van der Waals surface area contributed by atoms with Crippen molar-refractivity contribution in [2.75, 3.05) is 0 Å². The molecule has 0 spiro atoms. The molecule has 0 aliphatic heterocycles. The molecule has 0 atom stereocenters. The Kier molecular flexibility index (Phi) is 6.90. The highest BCUT2D eigenvalue weighted by molar-refractivity contribution is 6.13. The third-order valence-corrected chi connectivity index (χ3v) is 10.4. The van der Waals surface area contributed by atoms with E-state index >= 15 is 0 Å². The molecule has 246 valence electrons. The minimum Gasteiger partial charge on any atom is -0.307 e. The van der Waals surface area contributed by atoms with E-state index in [1.807, 2.05) is 24.8 Å². The Morgan fingerprint density at radius 3 is 1.17 bits per heavy atom. The molecule has 52 heavy (non-hydrogen) atoms. The first kappa shape index (κ1) is 30.1. The topological polar surface area (TPSA) is 35.6 Å². The number of aromatic nitrogens is 4. The predicted octanol–water partition coefficient (Wildman–Crippen LogP) is 12.3. The molecule has 10 aromatic rings. The third-order valence-electron chi connectivity index (χ3n) is 10.4. The normalized spacial score (nSPS) is 11.7. The van der Waals surface area contributed by atoms with Gasteiger partial charge in [-0.1, -0.05) is 96.1 Å². The molecule has 0 unspecified atom stereocenters. The maximum absolute atomic E-state index is 4.72. The first-order chi connectivity index (χ1) is 25.6. The van der Waals surface area contributed by atoms with Gasteiger partial charge in [0, 0.05) is 45.1 Å². The van der Waals surface area contributed by atoms with Gasteiger partial charge in [0.1, 0.15) is 0 Å². The zero-order valence-corrected chi connectivity index (χ0v) is 29.0. The summed E-state index contributed by atoms with van der Waals surface area (Å²) in [7, 11) is 0. The summed E-state index contributed by atoms with van der Waals surface area (Å²) in [5.41, 5.74) is 16.1. The van der Waals surface area contributed by atoms with Gasteiger partial charge >= 0.3 is 0 Å². The largest absolute Gasteiger partial charge is 0.307 e.